The van der Waals surface area contributed by atoms with Gasteiger partial charge in [-0.05, 0) is 42.0 Å². The highest BCUT2D eigenvalue weighted by atomic mass is 19.1. The summed E-state index contributed by atoms with van der Waals surface area (Å²) >= 11 is 0. The van der Waals surface area contributed by atoms with Crippen LogP contribution in [0.1, 0.15) is 15.9 Å². The molecule has 0 radical (unpaired) electrons. The molecule has 0 fully saturated rings. The number of hydrogen-bond acceptors (Lipinski definition) is 3. The minimum atomic E-state index is -0.432. The Balaban J connectivity index is 1.71. The predicted molar refractivity (Wildman–Crippen MR) is 91.7 cm³/mol. The van der Waals surface area contributed by atoms with E-state index in [1.807, 2.05) is 42.5 Å². The molecular weight excluding hydrogens is 305 g/mol. The zero-order valence-electron chi connectivity index (χ0n) is 12.9. The van der Waals surface area contributed by atoms with Gasteiger partial charge in [0.25, 0.3) is 0 Å². The number of anilines is 2. The van der Waals surface area contributed by atoms with Crippen molar-refractivity contribution in [2.45, 2.75) is 6.61 Å². The minimum Gasteiger partial charge on any atom is -0.457 e. The van der Waals surface area contributed by atoms with Crippen LogP contribution < -0.4 is 5.32 Å². The van der Waals surface area contributed by atoms with Crippen LogP contribution in [-0.4, -0.2) is 5.97 Å². The summed E-state index contributed by atoms with van der Waals surface area (Å²) in [6, 6.07) is 22.6. The van der Waals surface area contributed by atoms with Crippen LogP contribution in [-0.2, 0) is 11.3 Å². The van der Waals surface area contributed by atoms with Crippen molar-refractivity contribution in [3.63, 3.8) is 0 Å². The lowest BCUT2D eigenvalue weighted by molar-refractivity contribution is 0.0474. The Labute approximate surface area is 139 Å². The summed E-state index contributed by atoms with van der Waals surface area (Å²) in [5.74, 6) is -0.749. The Morgan fingerprint density at radius 2 is 1.54 bits per heavy atom. The van der Waals surface area contributed by atoms with Crippen LogP contribution in [0.15, 0.2) is 78.9 Å². The van der Waals surface area contributed by atoms with Crippen molar-refractivity contribution >= 4 is 17.3 Å². The van der Waals surface area contributed by atoms with Crippen LogP contribution in [0.25, 0.3) is 0 Å². The van der Waals surface area contributed by atoms with Crippen LogP contribution in [0.2, 0.25) is 0 Å². The van der Waals surface area contributed by atoms with E-state index >= 15 is 0 Å². The molecule has 3 aromatic rings. The Morgan fingerprint density at radius 1 is 0.875 bits per heavy atom. The molecule has 0 heterocycles. The number of carbonyl (C=O) groups is 1. The standard InChI is InChI=1S/C20H16FNO2/c21-16-12-10-15(11-13-16)14-24-20(23)18-8-4-5-9-19(18)22-17-6-2-1-3-7-17/h1-13,22H,14H2. The summed E-state index contributed by atoms with van der Waals surface area (Å²) in [5.41, 5.74) is 2.74. The molecule has 3 rings (SSSR count). The quantitative estimate of drug-likeness (QED) is 0.677. The van der Waals surface area contributed by atoms with Crippen molar-refractivity contribution in [1.29, 1.82) is 0 Å². The number of halogens is 1. The van der Waals surface area contributed by atoms with Crippen LogP contribution >= 0.6 is 0 Å². The molecule has 0 amide bonds. The molecule has 0 aliphatic rings. The smallest absolute Gasteiger partial charge is 0.340 e. The molecular formula is C20H16FNO2. The third-order valence-corrected chi connectivity index (χ3v) is 3.48. The van der Waals surface area contributed by atoms with Crippen molar-refractivity contribution in [3.05, 3.63) is 95.8 Å². The van der Waals surface area contributed by atoms with E-state index in [2.05, 4.69) is 5.32 Å². The third-order valence-electron chi connectivity index (χ3n) is 3.48. The Morgan fingerprint density at radius 3 is 2.29 bits per heavy atom. The number of benzene rings is 3. The maximum absolute atomic E-state index is 12.9. The molecule has 0 atom stereocenters. The van der Waals surface area contributed by atoms with E-state index in [9.17, 15) is 9.18 Å². The van der Waals surface area contributed by atoms with E-state index in [1.165, 1.54) is 12.1 Å². The number of hydrogen-bond donors (Lipinski definition) is 1. The highest BCUT2D eigenvalue weighted by molar-refractivity contribution is 5.96. The summed E-state index contributed by atoms with van der Waals surface area (Å²) in [5, 5.41) is 3.21. The van der Waals surface area contributed by atoms with Gasteiger partial charge < -0.3 is 10.1 Å². The Hall–Kier alpha value is -3.14. The highest BCUT2D eigenvalue weighted by Gasteiger charge is 2.12. The molecule has 0 spiro atoms. The number of carbonyl (C=O) groups excluding carboxylic acids is 1. The molecule has 0 saturated heterocycles. The molecule has 3 aromatic carbocycles. The second-order valence-electron chi connectivity index (χ2n) is 5.24. The molecule has 0 aromatic heterocycles. The molecule has 3 nitrogen and oxygen atoms in total. The maximum Gasteiger partial charge on any atom is 0.340 e. The zero-order chi connectivity index (χ0) is 16.8. The van der Waals surface area contributed by atoms with Gasteiger partial charge in [-0.2, -0.15) is 0 Å². The number of ether oxygens (including phenoxy) is 1. The van der Waals surface area contributed by atoms with Crippen molar-refractivity contribution in [2.75, 3.05) is 5.32 Å². The number of para-hydroxylation sites is 2. The summed E-state index contributed by atoms with van der Waals surface area (Å²) in [4.78, 5) is 12.4. The van der Waals surface area contributed by atoms with Crippen molar-refractivity contribution in [3.8, 4) is 0 Å². The van der Waals surface area contributed by atoms with Gasteiger partial charge in [-0.1, -0.05) is 42.5 Å². The fourth-order valence-corrected chi connectivity index (χ4v) is 2.25. The summed E-state index contributed by atoms with van der Waals surface area (Å²) < 4.78 is 18.2. The summed E-state index contributed by atoms with van der Waals surface area (Å²) in [6.45, 7) is 0.0960. The number of rotatable bonds is 5. The average Bonchev–Trinajstić information content (AvgIpc) is 2.62. The van der Waals surface area contributed by atoms with Gasteiger partial charge >= 0.3 is 5.97 Å². The van der Waals surface area contributed by atoms with Gasteiger partial charge in [0.2, 0.25) is 0 Å². The van der Waals surface area contributed by atoms with E-state index in [4.69, 9.17) is 4.74 Å². The summed E-state index contributed by atoms with van der Waals surface area (Å²) in [7, 11) is 0. The van der Waals surface area contributed by atoms with E-state index in [0.717, 1.165) is 11.3 Å². The van der Waals surface area contributed by atoms with Gasteiger partial charge in [0.1, 0.15) is 12.4 Å². The van der Waals surface area contributed by atoms with E-state index in [1.54, 1.807) is 24.3 Å². The van der Waals surface area contributed by atoms with Crippen LogP contribution in [0.3, 0.4) is 0 Å². The lowest BCUT2D eigenvalue weighted by atomic mass is 10.1. The van der Waals surface area contributed by atoms with Crippen LogP contribution in [0, 0.1) is 5.82 Å². The molecule has 1 N–H and O–H groups in total. The zero-order valence-corrected chi connectivity index (χ0v) is 12.9. The highest BCUT2D eigenvalue weighted by Crippen LogP contribution is 2.21. The average molecular weight is 321 g/mol. The largest absolute Gasteiger partial charge is 0.457 e. The lowest BCUT2D eigenvalue weighted by Crippen LogP contribution is -2.08. The van der Waals surface area contributed by atoms with Crippen molar-refractivity contribution in [1.82, 2.24) is 0 Å². The number of esters is 1. The predicted octanol–water partition coefficient (Wildman–Crippen LogP) is 4.93. The van der Waals surface area contributed by atoms with E-state index in [-0.39, 0.29) is 12.4 Å². The van der Waals surface area contributed by atoms with Gasteiger partial charge in [-0.3, -0.25) is 0 Å². The van der Waals surface area contributed by atoms with Crippen LogP contribution in [0.4, 0.5) is 15.8 Å². The van der Waals surface area contributed by atoms with E-state index in [0.29, 0.717) is 11.3 Å². The second-order valence-corrected chi connectivity index (χ2v) is 5.24. The van der Waals surface area contributed by atoms with Gasteiger partial charge in [0.05, 0.1) is 11.3 Å². The summed E-state index contributed by atoms with van der Waals surface area (Å²) in [6.07, 6.45) is 0. The molecule has 24 heavy (non-hydrogen) atoms. The van der Waals surface area contributed by atoms with Gasteiger partial charge in [-0.15, -0.1) is 0 Å². The Bertz CT molecular complexity index is 817. The lowest BCUT2D eigenvalue weighted by Gasteiger charge is -2.12. The topological polar surface area (TPSA) is 38.3 Å². The first-order valence-electron chi connectivity index (χ1n) is 7.55. The van der Waals surface area contributed by atoms with Gasteiger partial charge in [-0.25, -0.2) is 9.18 Å². The fraction of sp³-hybridized carbons (Fsp3) is 0.0500. The van der Waals surface area contributed by atoms with Crippen molar-refractivity contribution < 1.29 is 13.9 Å². The fourth-order valence-electron chi connectivity index (χ4n) is 2.25. The van der Waals surface area contributed by atoms with E-state index < -0.39 is 5.97 Å². The first kappa shape index (κ1) is 15.7. The van der Waals surface area contributed by atoms with Crippen LogP contribution in [0.5, 0.6) is 0 Å². The van der Waals surface area contributed by atoms with Gasteiger partial charge in [0.15, 0.2) is 0 Å². The first-order valence-corrected chi connectivity index (χ1v) is 7.55. The molecule has 0 aliphatic carbocycles. The van der Waals surface area contributed by atoms with Crippen molar-refractivity contribution in [2.24, 2.45) is 0 Å². The third kappa shape index (κ3) is 3.98. The minimum absolute atomic E-state index is 0.0960. The maximum atomic E-state index is 12.9. The SMILES string of the molecule is O=C(OCc1ccc(F)cc1)c1ccccc1Nc1ccccc1. The first-order chi connectivity index (χ1) is 11.7. The molecule has 120 valence electrons. The molecule has 4 heteroatoms. The number of nitrogens with one attached hydrogen (secondary N) is 1. The second kappa shape index (κ2) is 7.42. The molecule has 0 aliphatic heterocycles. The molecule has 0 bridgehead atoms. The monoisotopic (exact) mass is 321 g/mol. The van der Waals surface area contributed by atoms with Gasteiger partial charge in [0, 0.05) is 5.69 Å². The molecule has 0 unspecified atom stereocenters. The normalized spacial score (nSPS) is 10.2. The molecule has 0 saturated carbocycles. The Kier molecular flexibility index (Phi) is 4.87.